The topological polar surface area (TPSA) is 46.6 Å². The highest BCUT2D eigenvalue weighted by Gasteiger charge is 2.35. The van der Waals surface area contributed by atoms with E-state index in [1.807, 2.05) is 25.1 Å². The number of hydrogen-bond donors (Lipinski definition) is 0. The van der Waals surface area contributed by atoms with Crippen LogP contribution in [0.2, 0.25) is 0 Å². The molecule has 4 nitrogen and oxygen atoms in total. The second-order valence-electron chi connectivity index (χ2n) is 5.33. The Bertz CT molecular complexity index is 850. The van der Waals surface area contributed by atoms with Crippen LogP contribution in [0.15, 0.2) is 53.4 Å². The molecule has 1 heterocycles. The summed E-state index contributed by atoms with van der Waals surface area (Å²) in [7, 11) is 0. The predicted octanol–water partition coefficient (Wildman–Crippen LogP) is 4.46. The van der Waals surface area contributed by atoms with Crippen molar-refractivity contribution < 1.29 is 18.7 Å². The summed E-state index contributed by atoms with van der Waals surface area (Å²) in [4.78, 5) is 26.1. The summed E-state index contributed by atoms with van der Waals surface area (Å²) in [6, 6.07) is 13.4. The fourth-order valence-electron chi connectivity index (χ4n) is 2.46. The summed E-state index contributed by atoms with van der Waals surface area (Å²) in [5.41, 5.74) is 1.03. The first-order chi connectivity index (χ1) is 12.1. The van der Waals surface area contributed by atoms with Crippen LogP contribution in [0.25, 0.3) is 6.08 Å². The Morgan fingerprint density at radius 2 is 1.84 bits per heavy atom. The van der Waals surface area contributed by atoms with Gasteiger partial charge in [0.2, 0.25) is 0 Å². The Hall–Kier alpha value is -2.60. The van der Waals surface area contributed by atoms with E-state index >= 15 is 0 Å². The van der Waals surface area contributed by atoms with E-state index in [-0.39, 0.29) is 6.54 Å². The third-order valence-electron chi connectivity index (χ3n) is 3.67. The molecule has 1 aliphatic heterocycles. The number of hydrogen-bond acceptors (Lipinski definition) is 4. The van der Waals surface area contributed by atoms with Gasteiger partial charge in [0, 0.05) is 11.1 Å². The van der Waals surface area contributed by atoms with Crippen LogP contribution in [0.5, 0.6) is 5.75 Å². The average molecular weight is 357 g/mol. The normalized spacial score (nSPS) is 15.9. The molecule has 0 unspecified atom stereocenters. The minimum atomic E-state index is -0.438. The van der Waals surface area contributed by atoms with E-state index in [0.717, 1.165) is 22.2 Å². The third kappa shape index (κ3) is 3.74. The van der Waals surface area contributed by atoms with Gasteiger partial charge in [0.15, 0.2) is 0 Å². The molecule has 0 saturated carbocycles. The van der Waals surface area contributed by atoms with E-state index in [9.17, 15) is 14.0 Å². The smallest absolute Gasteiger partial charge is 0.293 e. The van der Waals surface area contributed by atoms with Crippen molar-refractivity contribution in [1.82, 2.24) is 4.90 Å². The highest BCUT2D eigenvalue weighted by molar-refractivity contribution is 8.18. The Morgan fingerprint density at radius 1 is 1.12 bits per heavy atom. The summed E-state index contributed by atoms with van der Waals surface area (Å²) < 4.78 is 19.3. The van der Waals surface area contributed by atoms with Gasteiger partial charge >= 0.3 is 0 Å². The van der Waals surface area contributed by atoms with E-state index in [2.05, 4.69) is 0 Å². The van der Waals surface area contributed by atoms with Crippen molar-refractivity contribution >= 4 is 29.0 Å². The molecule has 6 heteroatoms. The van der Waals surface area contributed by atoms with E-state index in [1.54, 1.807) is 30.3 Å². The second-order valence-corrected chi connectivity index (χ2v) is 6.32. The van der Waals surface area contributed by atoms with Gasteiger partial charge in [0.05, 0.1) is 18.1 Å². The molecule has 0 radical (unpaired) electrons. The minimum absolute atomic E-state index is 0.0816. The molecule has 0 aliphatic carbocycles. The fraction of sp³-hybridized carbons (Fsp3) is 0.158. The lowest BCUT2D eigenvalue weighted by molar-refractivity contribution is -0.123. The molecule has 128 valence electrons. The third-order valence-corrected chi connectivity index (χ3v) is 4.57. The van der Waals surface area contributed by atoms with Crippen LogP contribution in [0.4, 0.5) is 9.18 Å². The zero-order valence-electron chi connectivity index (χ0n) is 13.6. The van der Waals surface area contributed by atoms with E-state index in [4.69, 9.17) is 4.74 Å². The van der Waals surface area contributed by atoms with Crippen molar-refractivity contribution in [2.75, 3.05) is 6.61 Å². The second kappa shape index (κ2) is 7.53. The van der Waals surface area contributed by atoms with Gasteiger partial charge in [-0.2, -0.15) is 0 Å². The number of imide groups is 1. The molecule has 0 aromatic heterocycles. The number of carbonyl (C=O) groups excluding carboxylic acids is 2. The SMILES string of the molecule is CCOc1ccccc1/C=C1\SC(=O)N(Cc2ccccc2F)C1=O. The van der Waals surface area contributed by atoms with Gasteiger partial charge in [-0.1, -0.05) is 36.4 Å². The van der Waals surface area contributed by atoms with Crippen molar-refractivity contribution in [2.45, 2.75) is 13.5 Å². The Balaban J connectivity index is 1.85. The average Bonchev–Trinajstić information content (AvgIpc) is 2.86. The van der Waals surface area contributed by atoms with E-state index in [1.165, 1.54) is 6.07 Å². The van der Waals surface area contributed by atoms with Gasteiger partial charge in [-0.05, 0) is 36.9 Å². The minimum Gasteiger partial charge on any atom is -0.493 e. The van der Waals surface area contributed by atoms with Crippen LogP contribution in [0.3, 0.4) is 0 Å². The van der Waals surface area contributed by atoms with Crippen LogP contribution < -0.4 is 4.74 Å². The molecule has 2 aromatic rings. The summed E-state index contributed by atoms with van der Waals surface area (Å²) in [5, 5.41) is -0.409. The van der Waals surface area contributed by atoms with Crippen molar-refractivity contribution in [1.29, 1.82) is 0 Å². The van der Waals surface area contributed by atoms with Gasteiger partial charge in [-0.15, -0.1) is 0 Å². The molecule has 25 heavy (non-hydrogen) atoms. The first-order valence-corrected chi connectivity index (χ1v) is 8.62. The van der Waals surface area contributed by atoms with Crippen molar-refractivity contribution in [3.8, 4) is 5.75 Å². The Morgan fingerprint density at radius 3 is 2.60 bits per heavy atom. The molecule has 0 N–H and O–H groups in total. The standard InChI is InChI=1S/C19H16FNO3S/c1-2-24-16-10-6-4-7-13(16)11-17-18(22)21(19(23)25-17)12-14-8-3-5-9-15(14)20/h3-11H,2,12H2,1H3/b17-11-. The van der Waals surface area contributed by atoms with Crippen LogP contribution in [0.1, 0.15) is 18.1 Å². The summed E-state index contributed by atoms with van der Waals surface area (Å²) in [5.74, 6) is -0.220. The van der Waals surface area contributed by atoms with Crippen molar-refractivity contribution in [3.63, 3.8) is 0 Å². The molecule has 0 bridgehead atoms. The molecule has 2 aromatic carbocycles. The van der Waals surface area contributed by atoms with Gasteiger partial charge in [0.1, 0.15) is 11.6 Å². The Labute approximate surface area is 149 Å². The van der Waals surface area contributed by atoms with E-state index in [0.29, 0.717) is 22.8 Å². The molecular weight excluding hydrogens is 341 g/mol. The van der Waals surface area contributed by atoms with Gasteiger partial charge in [-0.3, -0.25) is 14.5 Å². The number of ether oxygens (including phenoxy) is 1. The van der Waals surface area contributed by atoms with Gasteiger partial charge < -0.3 is 4.74 Å². The number of benzene rings is 2. The number of nitrogens with zero attached hydrogens (tertiary/aromatic N) is 1. The summed E-state index contributed by atoms with van der Waals surface area (Å²) >= 11 is 0.849. The molecule has 0 atom stereocenters. The number of amides is 2. The number of thioether (sulfide) groups is 1. The van der Waals surface area contributed by atoms with Crippen LogP contribution in [0, 0.1) is 5.82 Å². The maximum Gasteiger partial charge on any atom is 0.293 e. The van der Waals surface area contributed by atoms with Gasteiger partial charge in [-0.25, -0.2) is 4.39 Å². The maximum atomic E-state index is 13.8. The lowest BCUT2D eigenvalue weighted by atomic mass is 10.1. The molecule has 0 spiro atoms. The zero-order valence-corrected chi connectivity index (χ0v) is 14.4. The largest absolute Gasteiger partial charge is 0.493 e. The lowest BCUT2D eigenvalue weighted by Crippen LogP contribution is -2.27. The monoisotopic (exact) mass is 357 g/mol. The number of rotatable bonds is 5. The molecule has 1 fully saturated rings. The first-order valence-electron chi connectivity index (χ1n) is 7.80. The van der Waals surface area contributed by atoms with Crippen molar-refractivity contribution in [2.24, 2.45) is 0 Å². The number of para-hydroxylation sites is 1. The highest BCUT2D eigenvalue weighted by atomic mass is 32.2. The van der Waals surface area contributed by atoms with Crippen LogP contribution in [-0.4, -0.2) is 22.7 Å². The Kier molecular flexibility index (Phi) is 5.19. The van der Waals surface area contributed by atoms with E-state index < -0.39 is 17.0 Å². The fourth-order valence-corrected chi connectivity index (χ4v) is 3.29. The summed E-state index contributed by atoms with van der Waals surface area (Å²) in [6.45, 7) is 2.29. The maximum absolute atomic E-state index is 13.8. The number of halogens is 1. The van der Waals surface area contributed by atoms with Crippen molar-refractivity contribution in [3.05, 3.63) is 70.4 Å². The molecule has 1 saturated heterocycles. The van der Waals surface area contributed by atoms with Gasteiger partial charge in [0.25, 0.3) is 11.1 Å². The molecule has 3 rings (SSSR count). The summed E-state index contributed by atoms with van der Waals surface area (Å²) in [6.07, 6.45) is 1.64. The molecule has 1 aliphatic rings. The quantitative estimate of drug-likeness (QED) is 0.741. The number of carbonyl (C=O) groups is 2. The highest BCUT2D eigenvalue weighted by Crippen LogP contribution is 2.35. The predicted molar refractivity (Wildman–Crippen MR) is 95.5 cm³/mol. The van der Waals surface area contributed by atoms with Crippen LogP contribution >= 0.6 is 11.8 Å². The lowest BCUT2D eigenvalue weighted by Gasteiger charge is -2.13. The zero-order chi connectivity index (χ0) is 17.8. The first kappa shape index (κ1) is 17.2. The molecule has 2 amide bonds. The molecular formula is C19H16FNO3S. The van der Waals surface area contributed by atoms with Crippen LogP contribution in [-0.2, 0) is 11.3 Å².